The van der Waals surface area contributed by atoms with E-state index >= 15 is 0 Å². The van der Waals surface area contributed by atoms with Crippen molar-refractivity contribution in [2.24, 2.45) is 0 Å². The molecule has 3 aromatic heterocycles. The molecule has 0 atom stereocenters. The number of nitrogens with zero attached hydrogens (tertiary/aromatic N) is 4. The van der Waals surface area contributed by atoms with Gasteiger partial charge in [-0.1, -0.05) is 6.07 Å². The van der Waals surface area contributed by atoms with E-state index in [1.165, 1.54) is 28.7 Å². The standard InChI is InChI=1S/C16H16N4S/c1-20(9-11-5-2-3-8-17-11)15-14-12-6-4-7-13(12)21-16(14)19-10-18-15/h2-3,5,8,10H,4,6-7,9H2,1H3. The molecule has 0 saturated carbocycles. The molecule has 0 saturated heterocycles. The van der Waals surface area contributed by atoms with Gasteiger partial charge < -0.3 is 4.90 Å². The first-order chi connectivity index (χ1) is 10.3. The molecule has 3 heterocycles. The van der Waals surface area contributed by atoms with Crippen LogP contribution in [-0.4, -0.2) is 22.0 Å². The lowest BCUT2D eigenvalue weighted by Gasteiger charge is -2.18. The maximum Gasteiger partial charge on any atom is 0.141 e. The first kappa shape index (κ1) is 12.7. The van der Waals surface area contributed by atoms with E-state index in [1.54, 1.807) is 6.33 Å². The van der Waals surface area contributed by atoms with Crippen LogP contribution < -0.4 is 4.90 Å². The zero-order chi connectivity index (χ0) is 14.2. The predicted octanol–water partition coefficient (Wildman–Crippen LogP) is 3.21. The molecule has 0 amide bonds. The van der Waals surface area contributed by atoms with Crippen LogP contribution in [-0.2, 0) is 19.4 Å². The van der Waals surface area contributed by atoms with Gasteiger partial charge in [0.15, 0.2) is 0 Å². The molecule has 4 nitrogen and oxygen atoms in total. The smallest absolute Gasteiger partial charge is 0.141 e. The van der Waals surface area contributed by atoms with Crippen molar-refractivity contribution in [1.29, 1.82) is 0 Å². The normalized spacial score (nSPS) is 13.6. The Morgan fingerprint density at radius 2 is 2.14 bits per heavy atom. The van der Waals surface area contributed by atoms with Gasteiger partial charge in [-0.3, -0.25) is 4.98 Å². The summed E-state index contributed by atoms with van der Waals surface area (Å²) >= 11 is 1.83. The molecule has 0 bridgehead atoms. The van der Waals surface area contributed by atoms with E-state index in [9.17, 15) is 0 Å². The summed E-state index contributed by atoms with van der Waals surface area (Å²) in [5.74, 6) is 1.03. The number of pyridine rings is 1. The molecule has 0 spiro atoms. The fourth-order valence-electron chi connectivity index (χ4n) is 3.01. The van der Waals surface area contributed by atoms with Gasteiger partial charge in [-0.2, -0.15) is 0 Å². The Labute approximate surface area is 127 Å². The van der Waals surface area contributed by atoms with Crippen LogP contribution in [0.15, 0.2) is 30.7 Å². The molecule has 0 fully saturated rings. The third-order valence-corrected chi connectivity index (χ3v) is 5.17. The van der Waals surface area contributed by atoms with E-state index < -0.39 is 0 Å². The zero-order valence-electron chi connectivity index (χ0n) is 11.9. The fraction of sp³-hybridized carbons (Fsp3) is 0.312. The largest absolute Gasteiger partial charge is 0.353 e. The highest BCUT2D eigenvalue weighted by Gasteiger charge is 2.22. The van der Waals surface area contributed by atoms with E-state index in [1.807, 2.05) is 35.7 Å². The molecule has 5 heteroatoms. The van der Waals surface area contributed by atoms with Crippen molar-refractivity contribution in [2.75, 3.05) is 11.9 Å². The van der Waals surface area contributed by atoms with Crippen LogP contribution in [0.3, 0.4) is 0 Å². The van der Waals surface area contributed by atoms with Crippen molar-refractivity contribution in [3.63, 3.8) is 0 Å². The molecular weight excluding hydrogens is 280 g/mol. The highest BCUT2D eigenvalue weighted by atomic mass is 32.1. The molecule has 21 heavy (non-hydrogen) atoms. The average Bonchev–Trinajstić information content (AvgIpc) is 3.08. The number of thiophene rings is 1. The van der Waals surface area contributed by atoms with Crippen LogP contribution in [0.25, 0.3) is 10.2 Å². The van der Waals surface area contributed by atoms with Gasteiger partial charge >= 0.3 is 0 Å². The summed E-state index contributed by atoms with van der Waals surface area (Å²) in [6, 6.07) is 6.01. The van der Waals surface area contributed by atoms with Crippen molar-refractivity contribution in [2.45, 2.75) is 25.8 Å². The van der Waals surface area contributed by atoms with Crippen molar-refractivity contribution < 1.29 is 0 Å². The summed E-state index contributed by atoms with van der Waals surface area (Å²) in [7, 11) is 2.08. The summed E-state index contributed by atoms with van der Waals surface area (Å²) in [6.07, 6.45) is 7.13. The Balaban J connectivity index is 1.76. The maximum atomic E-state index is 4.55. The molecule has 106 valence electrons. The lowest BCUT2D eigenvalue weighted by atomic mass is 10.2. The SMILES string of the molecule is CN(Cc1ccccn1)c1ncnc2sc3c(c12)CCC3. The number of aromatic nitrogens is 3. The second kappa shape index (κ2) is 5.07. The molecule has 1 aliphatic rings. The second-order valence-electron chi connectivity index (χ2n) is 5.41. The maximum absolute atomic E-state index is 4.55. The fourth-order valence-corrected chi connectivity index (χ4v) is 4.23. The average molecular weight is 296 g/mol. The summed E-state index contributed by atoms with van der Waals surface area (Å²) in [6.45, 7) is 0.761. The van der Waals surface area contributed by atoms with Gasteiger partial charge in [-0.25, -0.2) is 9.97 Å². The number of aryl methyl sites for hydroxylation is 2. The van der Waals surface area contributed by atoms with E-state index in [2.05, 4.69) is 26.9 Å². The summed E-state index contributed by atoms with van der Waals surface area (Å²) in [5, 5.41) is 1.26. The van der Waals surface area contributed by atoms with Gasteiger partial charge in [0.2, 0.25) is 0 Å². The van der Waals surface area contributed by atoms with Gasteiger partial charge in [0, 0.05) is 18.1 Å². The lowest BCUT2D eigenvalue weighted by molar-refractivity contribution is 0.866. The van der Waals surface area contributed by atoms with Gasteiger partial charge in [-0.05, 0) is 37.0 Å². The Morgan fingerprint density at radius 1 is 1.19 bits per heavy atom. The summed E-state index contributed by atoms with van der Waals surface area (Å²) < 4.78 is 0. The molecule has 4 rings (SSSR count). The van der Waals surface area contributed by atoms with E-state index in [-0.39, 0.29) is 0 Å². The van der Waals surface area contributed by atoms with E-state index in [4.69, 9.17) is 0 Å². The van der Waals surface area contributed by atoms with Crippen molar-refractivity contribution >= 4 is 27.4 Å². The summed E-state index contributed by atoms with van der Waals surface area (Å²) in [4.78, 5) is 18.2. The van der Waals surface area contributed by atoms with Gasteiger partial charge in [0.1, 0.15) is 17.0 Å². The number of hydrogen-bond donors (Lipinski definition) is 0. The van der Waals surface area contributed by atoms with Crippen molar-refractivity contribution in [1.82, 2.24) is 15.0 Å². The topological polar surface area (TPSA) is 41.9 Å². The molecule has 0 aliphatic heterocycles. The number of anilines is 1. The lowest BCUT2D eigenvalue weighted by Crippen LogP contribution is -2.19. The Bertz CT molecular complexity index is 782. The highest BCUT2D eigenvalue weighted by molar-refractivity contribution is 7.19. The molecule has 1 aliphatic carbocycles. The zero-order valence-corrected chi connectivity index (χ0v) is 12.7. The van der Waals surface area contributed by atoms with Crippen LogP contribution in [0.5, 0.6) is 0 Å². The van der Waals surface area contributed by atoms with Crippen LogP contribution in [0.2, 0.25) is 0 Å². The van der Waals surface area contributed by atoms with Crippen LogP contribution in [0, 0.1) is 0 Å². The quantitative estimate of drug-likeness (QED) is 0.744. The summed E-state index contributed by atoms with van der Waals surface area (Å²) in [5.41, 5.74) is 2.53. The number of hydrogen-bond acceptors (Lipinski definition) is 5. The minimum absolute atomic E-state index is 0.761. The van der Waals surface area contributed by atoms with Crippen LogP contribution >= 0.6 is 11.3 Å². The molecule has 0 N–H and O–H groups in total. The van der Waals surface area contributed by atoms with Crippen molar-refractivity contribution in [3.8, 4) is 0 Å². The first-order valence-corrected chi connectivity index (χ1v) is 8.01. The molecule has 3 aromatic rings. The minimum Gasteiger partial charge on any atom is -0.353 e. The van der Waals surface area contributed by atoms with Gasteiger partial charge in [0.25, 0.3) is 0 Å². The third kappa shape index (κ3) is 2.17. The van der Waals surface area contributed by atoms with E-state index in [0.29, 0.717) is 0 Å². The second-order valence-corrected chi connectivity index (χ2v) is 6.50. The number of fused-ring (bicyclic) bond motifs is 3. The Morgan fingerprint density at radius 3 is 3.00 bits per heavy atom. The molecule has 0 aromatic carbocycles. The van der Waals surface area contributed by atoms with Crippen molar-refractivity contribution in [3.05, 3.63) is 46.9 Å². The van der Waals surface area contributed by atoms with Gasteiger partial charge in [0.05, 0.1) is 17.6 Å². The molecular formula is C16H16N4S. The van der Waals surface area contributed by atoms with Gasteiger partial charge in [-0.15, -0.1) is 11.3 Å². The molecule has 0 unspecified atom stereocenters. The van der Waals surface area contributed by atoms with Crippen LogP contribution in [0.4, 0.5) is 5.82 Å². The Hall–Kier alpha value is -2.01. The minimum atomic E-state index is 0.761. The third-order valence-electron chi connectivity index (χ3n) is 3.97. The highest BCUT2D eigenvalue weighted by Crippen LogP contribution is 2.39. The van der Waals surface area contributed by atoms with E-state index in [0.717, 1.165) is 29.3 Å². The molecule has 0 radical (unpaired) electrons. The first-order valence-electron chi connectivity index (χ1n) is 7.19. The van der Waals surface area contributed by atoms with Crippen LogP contribution in [0.1, 0.15) is 22.6 Å². The number of rotatable bonds is 3. The Kier molecular flexibility index (Phi) is 3.07. The predicted molar refractivity (Wildman–Crippen MR) is 85.8 cm³/mol. The monoisotopic (exact) mass is 296 g/mol.